The normalized spacial score (nSPS) is 11.8. The van der Waals surface area contributed by atoms with E-state index in [0.29, 0.717) is 17.1 Å². The van der Waals surface area contributed by atoms with Crippen LogP contribution in [0.3, 0.4) is 0 Å². The predicted molar refractivity (Wildman–Crippen MR) is 106 cm³/mol. The minimum atomic E-state index is -4.73. The lowest BCUT2D eigenvalue weighted by Gasteiger charge is -2.12. The van der Waals surface area contributed by atoms with Gasteiger partial charge in [-0.15, -0.1) is 0 Å². The molecule has 0 saturated carbocycles. The number of nitrogens with zero attached hydrogens (tertiary/aromatic N) is 2. The Hall–Kier alpha value is -3.14. The first-order valence-corrected chi connectivity index (χ1v) is 10.5. The van der Waals surface area contributed by atoms with Crippen molar-refractivity contribution in [3.05, 3.63) is 59.4 Å². The van der Waals surface area contributed by atoms with Crippen molar-refractivity contribution in [3.8, 4) is 11.5 Å². The van der Waals surface area contributed by atoms with Gasteiger partial charge in [0.25, 0.3) is 11.8 Å². The Morgan fingerprint density at radius 2 is 1.77 bits per heavy atom. The summed E-state index contributed by atoms with van der Waals surface area (Å²) in [6.45, 7) is 5.63. The molecule has 7 nitrogen and oxygen atoms in total. The first-order chi connectivity index (χ1) is 14.1. The second kappa shape index (κ2) is 8.31. The summed E-state index contributed by atoms with van der Waals surface area (Å²) in [5, 5.41) is 6.68. The van der Waals surface area contributed by atoms with Crippen LogP contribution in [-0.4, -0.2) is 30.2 Å². The van der Waals surface area contributed by atoms with E-state index in [0.717, 1.165) is 17.7 Å². The zero-order valence-electron chi connectivity index (χ0n) is 16.4. The quantitative estimate of drug-likeness (QED) is 0.615. The van der Waals surface area contributed by atoms with Gasteiger partial charge in [-0.05, 0) is 42.8 Å². The molecule has 3 aromatic rings. The molecular weight excluding hydrogens is 416 g/mol. The van der Waals surface area contributed by atoms with Gasteiger partial charge < -0.3 is 9.84 Å². The molecule has 0 atom stereocenters. The molecule has 0 unspecified atom stereocenters. The number of sulfone groups is 1. The topological polar surface area (TPSA) is 102 Å². The van der Waals surface area contributed by atoms with E-state index in [-0.39, 0.29) is 17.4 Å². The number of halogens is 2. The average Bonchev–Trinajstić information content (AvgIpc) is 3.20. The Kier molecular flexibility index (Phi) is 5.97. The number of rotatable bonds is 6. The van der Waals surface area contributed by atoms with E-state index in [9.17, 15) is 22.0 Å². The van der Waals surface area contributed by atoms with Crippen LogP contribution in [-0.2, 0) is 9.84 Å². The zero-order valence-corrected chi connectivity index (χ0v) is 17.2. The highest BCUT2D eigenvalue weighted by molar-refractivity contribution is 7.91. The number of amides is 1. The van der Waals surface area contributed by atoms with Gasteiger partial charge in [0, 0.05) is 11.5 Å². The molecule has 1 heterocycles. The van der Waals surface area contributed by atoms with E-state index in [1.165, 1.54) is 12.1 Å². The van der Waals surface area contributed by atoms with Gasteiger partial charge >= 0.3 is 5.76 Å². The van der Waals surface area contributed by atoms with Crippen molar-refractivity contribution in [2.75, 3.05) is 5.32 Å². The van der Waals surface area contributed by atoms with E-state index < -0.39 is 26.4 Å². The lowest BCUT2D eigenvalue weighted by Crippen LogP contribution is -2.15. The zero-order chi connectivity index (χ0) is 22.1. The summed E-state index contributed by atoms with van der Waals surface area (Å²) < 4.78 is 53.7. The van der Waals surface area contributed by atoms with Crippen molar-refractivity contribution in [2.45, 2.75) is 37.3 Å². The smallest absolute Gasteiger partial charge is 0.334 e. The number of anilines is 1. The Balaban J connectivity index is 1.90. The molecule has 0 aliphatic heterocycles. The highest BCUT2D eigenvalue weighted by atomic mass is 32.2. The second-order valence-corrected chi connectivity index (χ2v) is 8.81. The number of para-hydroxylation sites is 1. The third-order valence-corrected chi connectivity index (χ3v) is 5.78. The molecule has 1 N–H and O–H groups in total. The fourth-order valence-electron chi connectivity index (χ4n) is 2.68. The number of aryl methyl sites for hydroxylation is 1. The minimum Gasteiger partial charge on any atom is -0.334 e. The third kappa shape index (κ3) is 4.23. The van der Waals surface area contributed by atoms with Gasteiger partial charge in [0.05, 0.1) is 16.1 Å². The van der Waals surface area contributed by atoms with Crippen molar-refractivity contribution in [1.29, 1.82) is 0 Å². The molecule has 0 radical (unpaired) electrons. The number of benzene rings is 2. The Morgan fingerprint density at radius 3 is 2.33 bits per heavy atom. The average molecular weight is 435 g/mol. The molecule has 0 aliphatic rings. The van der Waals surface area contributed by atoms with Crippen LogP contribution < -0.4 is 5.32 Å². The van der Waals surface area contributed by atoms with Crippen LogP contribution in [0.15, 0.2) is 51.9 Å². The maximum atomic E-state index is 12.7. The van der Waals surface area contributed by atoms with Crippen molar-refractivity contribution in [1.82, 2.24) is 10.1 Å². The fraction of sp³-hybridized carbons (Fsp3) is 0.250. The molecular formula is C20H19F2N3O4S. The van der Waals surface area contributed by atoms with E-state index in [4.69, 9.17) is 4.52 Å². The van der Waals surface area contributed by atoms with Crippen LogP contribution in [0.5, 0.6) is 0 Å². The minimum absolute atomic E-state index is 0.0633. The van der Waals surface area contributed by atoms with Crippen molar-refractivity contribution < 1.29 is 26.5 Å². The molecule has 10 heteroatoms. The van der Waals surface area contributed by atoms with Gasteiger partial charge in [0.2, 0.25) is 9.84 Å². The van der Waals surface area contributed by atoms with Crippen LogP contribution in [0.1, 0.15) is 41.5 Å². The molecule has 3 rings (SSSR count). The van der Waals surface area contributed by atoms with Gasteiger partial charge in [-0.3, -0.25) is 4.79 Å². The second-order valence-electron chi connectivity index (χ2n) is 6.89. The Bertz CT molecular complexity index is 1170. The Labute approximate surface area is 172 Å². The van der Waals surface area contributed by atoms with Gasteiger partial charge in [-0.1, -0.05) is 31.1 Å². The molecule has 2 aromatic carbocycles. The molecule has 0 saturated heterocycles. The van der Waals surface area contributed by atoms with E-state index in [1.807, 2.05) is 13.8 Å². The summed E-state index contributed by atoms with van der Waals surface area (Å²) in [6.07, 6.45) is 0. The van der Waals surface area contributed by atoms with E-state index in [1.54, 1.807) is 25.1 Å². The monoisotopic (exact) mass is 435 g/mol. The largest absolute Gasteiger partial charge is 0.341 e. The lowest BCUT2D eigenvalue weighted by atomic mass is 10.1. The summed E-state index contributed by atoms with van der Waals surface area (Å²) in [5.74, 6) is -3.24. The standard InChI is InChI=1S/C20H19F2N3O4S/c1-11(2)17-24-19(29-25-17)15-6-4-5-12(3)16(15)23-18(26)13-7-9-14(10-8-13)30(27,28)20(21)22/h4-11,20H,1-3H3,(H,23,26). The summed E-state index contributed by atoms with van der Waals surface area (Å²) in [7, 11) is -4.73. The van der Waals surface area contributed by atoms with Crippen molar-refractivity contribution in [2.24, 2.45) is 0 Å². The first-order valence-electron chi connectivity index (χ1n) is 8.98. The highest BCUT2D eigenvalue weighted by Gasteiger charge is 2.26. The summed E-state index contributed by atoms with van der Waals surface area (Å²) in [6, 6.07) is 9.58. The molecule has 0 aliphatic carbocycles. The summed E-state index contributed by atoms with van der Waals surface area (Å²) in [5.41, 5.74) is 1.82. The van der Waals surface area contributed by atoms with Crippen LogP contribution in [0.2, 0.25) is 0 Å². The van der Waals surface area contributed by atoms with Gasteiger partial charge in [-0.25, -0.2) is 8.42 Å². The van der Waals surface area contributed by atoms with Crippen LogP contribution in [0.4, 0.5) is 14.5 Å². The van der Waals surface area contributed by atoms with Gasteiger partial charge in [-0.2, -0.15) is 13.8 Å². The number of carbonyl (C=O) groups excluding carboxylic acids is 1. The SMILES string of the molecule is Cc1cccc(-c2nc(C(C)C)no2)c1NC(=O)c1ccc(S(=O)(=O)C(F)F)cc1. The number of carbonyl (C=O) groups is 1. The highest BCUT2D eigenvalue weighted by Crippen LogP contribution is 2.31. The van der Waals surface area contributed by atoms with Gasteiger partial charge in [0.1, 0.15) is 0 Å². The number of nitrogens with one attached hydrogen (secondary N) is 1. The van der Waals surface area contributed by atoms with Crippen LogP contribution in [0, 0.1) is 6.92 Å². The molecule has 0 fully saturated rings. The van der Waals surface area contributed by atoms with E-state index >= 15 is 0 Å². The van der Waals surface area contributed by atoms with Gasteiger partial charge in [0.15, 0.2) is 5.82 Å². The molecule has 0 bridgehead atoms. The molecule has 1 amide bonds. The molecule has 0 spiro atoms. The molecule has 158 valence electrons. The molecule has 30 heavy (non-hydrogen) atoms. The lowest BCUT2D eigenvalue weighted by molar-refractivity contribution is 0.102. The van der Waals surface area contributed by atoms with Crippen LogP contribution in [0.25, 0.3) is 11.5 Å². The fourth-order valence-corrected chi connectivity index (χ4v) is 3.40. The first kappa shape index (κ1) is 21.6. The number of aromatic nitrogens is 2. The van der Waals surface area contributed by atoms with Crippen molar-refractivity contribution >= 4 is 21.4 Å². The van der Waals surface area contributed by atoms with Crippen molar-refractivity contribution in [3.63, 3.8) is 0 Å². The summed E-state index contributed by atoms with van der Waals surface area (Å²) in [4.78, 5) is 16.5. The summed E-state index contributed by atoms with van der Waals surface area (Å²) >= 11 is 0. The maximum absolute atomic E-state index is 12.7. The molecule has 1 aromatic heterocycles. The van der Waals surface area contributed by atoms with Crippen LogP contribution >= 0.6 is 0 Å². The number of hydrogen-bond donors (Lipinski definition) is 1. The number of hydrogen-bond acceptors (Lipinski definition) is 6. The van der Waals surface area contributed by atoms with E-state index in [2.05, 4.69) is 15.5 Å². The predicted octanol–water partition coefficient (Wildman–Crippen LogP) is 4.42. The Morgan fingerprint density at radius 1 is 1.10 bits per heavy atom. The number of alkyl halides is 2. The maximum Gasteiger partial charge on any atom is 0.341 e. The third-order valence-electron chi connectivity index (χ3n) is 4.38.